The second kappa shape index (κ2) is 2.97. The van der Waals surface area contributed by atoms with Crippen LogP contribution < -0.4 is 0 Å². The van der Waals surface area contributed by atoms with E-state index in [4.69, 9.17) is 0 Å². The molecule has 1 aromatic carbocycles. The lowest BCUT2D eigenvalue weighted by Gasteiger charge is -2.03. The normalized spacial score (nSPS) is 10.0. The molecule has 0 aliphatic rings. The molecule has 0 fully saturated rings. The van der Waals surface area contributed by atoms with Crippen molar-refractivity contribution in [3.8, 4) is 0 Å². The summed E-state index contributed by atoms with van der Waals surface area (Å²) < 4.78 is 1.11. The van der Waals surface area contributed by atoms with E-state index in [0.717, 1.165) is 9.37 Å². The molecule has 1 aromatic rings. The molecule has 0 radical (unpaired) electrons. The third-order valence-electron chi connectivity index (χ3n) is 1.51. The first-order chi connectivity index (χ1) is 4.63. The fourth-order valence-corrected chi connectivity index (χ4v) is 1.46. The van der Waals surface area contributed by atoms with Gasteiger partial charge in [0, 0.05) is 9.37 Å². The van der Waals surface area contributed by atoms with Gasteiger partial charge in [-0.25, -0.2) is 0 Å². The Balaban J connectivity index is 3.34. The van der Waals surface area contributed by atoms with Crippen LogP contribution in [0.25, 0.3) is 0 Å². The number of thiol groups is 1. The minimum atomic E-state index is 1.04. The van der Waals surface area contributed by atoms with Crippen LogP contribution in [0.4, 0.5) is 0 Å². The maximum Gasteiger partial charge on any atom is 0.0340 e. The lowest BCUT2D eigenvalue weighted by atomic mass is 10.2. The van der Waals surface area contributed by atoms with Crippen LogP contribution in [0.3, 0.4) is 0 Å². The third-order valence-corrected chi connectivity index (χ3v) is 3.42. The molecule has 0 unspecified atom stereocenters. The predicted octanol–water partition coefficient (Wildman–Crippen LogP) is 3.35. The second-order valence-electron chi connectivity index (χ2n) is 2.36. The van der Waals surface area contributed by atoms with E-state index in [-0.39, 0.29) is 0 Å². The molecule has 0 saturated carbocycles. The highest BCUT2D eigenvalue weighted by Crippen LogP contribution is 2.26. The Morgan fingerprint density at radius 1 is 1.20 bits per heavy atom. The van der Waals surface area contributed by atoms with Gasteiger partial charge in [0.15, 0.2) is 0 Å². The molecule has 0 N–H and O–H groups in total. The van der Waals surface area contributed by atoms with Crippen LogP contribution in [-0.2, 0) is 0 Å². The highest BCUT2D eigenvalue weighted by Gasteiger charge is 2.00. The minimum absolute atomic E-state index is 1.04. The van der Waals surface area contributed by atoms with Crippen molar-refractivity contribution in [2.45, 2.75) is 18.7 Å². The summed E-state index contributed by atoms with van der Waals surface area (Å²) in [5.74, 6) is 0. The van der Waals surface area contributed by atoms with Gasteiger partial charge in [0.25, 0.3) is 0 Å². The molecule has 0 aliphatic carbocycles. The molecule has 0 atom stereocenters. The summed E-state index contributed by atoms with van der Waals surface area (Å²) in [6.45, 7) is 4.11. The topological polar surface area (TPSA) is 0 Å². The smallest absolute Gasteiger partial charge is 0.0340 e. The third kappa shape index (κ3) is 1.38. The highest BCUT2D eigenvalue weighted by atomic mass is 79.9. The van der Waals surface area contributed by atoms with Crippen LogP contribution in [0.5, 0.6) is 0 Å². The molecule has 1 rings (SSSR count). The van der Waals surface area contributed by atoms with Crippen molar-refractivity contribution < 1.29 is 0 Å². The largest absolute Gasteiger partial charge is 0.142 e. The van der Waals surface area contributed by atoms with Gasteiger partial charge in [0.2, 0.25) is 0 Å². The van der Waals surface area contributed by atoms with Gasteiger partial charge in [-0.05, 0) is 40.9 Å². The van der Waals surface area contributed by atoms with Crippen molar-refractivity contribution in [1.82, 2.24) is 0 Å². The zero-order chi connectivity index (χ0) is 7.72. The number of aryl methyl sites for hydroxylation is 2. The molecule has 10 heavy (non-hydrogen) atoms. The summed E-state index contributed by atoms with van der Waals surface area (Å²) in [6, 6.07) is 4.15. The molecule has 0 bridgehead atoms. The summed E-state index contributed by atoms with van der Waals surface area (Å²) in [6.07, 6.45) is 0. The van der Waals surface area contributed by atoms with Crippen LogP contribution in [0.2, 0.25) is 0 Å². The molecule has 0 amide bonds. The van der Waals surface area contributed by atoms with Crippen molar-refractivity contribution in [2.24, 2.45) is 0 Å². The van der Waals surface area contributed by atoms with Crippen molar-refractivity contribution in [3.05, 3.63) is 27.7 Å². The Labute approximate surface area is 75.2 Å². The van der Waals surface area contributed by atoms with Gasteiger partial charge in [-0.2, -0.15) is 0 Å². The van der Waals surface area contributed by atoms with Crippen molar-refractivity contribution in [2.75, 3.05) is 0 Å². The van der Waals surface area contributed by atoms with Crippen LogP contribution in [0.1, 0.15) is 11.1 Å². The van der Waals surface area contributed by atoms with E-state index in [1.165, 1.54) is 11.1 Å². The summed E-state index contributed by atoms with van der Waals surface area (Å²) in [4.78, 5) is 1.04. The number of benzene rings is 1. The van der Waals surface area contributed by atoms with Gasteiger partial charge in [-0.1, -0.05) is 12.1 Å². The minimum Gasteiger partial charge on any atom is -0.142 e. The summed E-state index contributed by atoms with van der Waals surface area (Å²) >= 11 is 7.79. The fraction of sp³-hybridized carbons (Fsp3) is 0.250. The Bertz CT molecular complexity index is 229. The van der Waals surface area contributed by atoms with Gasteiger partial charge in [0.1, 0.15) is 0 Å². The number of halogens is 1. The quantitative estimate of drug-likeness (QED) is 0.633. The highest BCUT2D eigenvalue weighted by molar-refractivity contribution is 9.10. The van der Waals surface area contributed by atoms with Gasteiger partial charge in [-0.15, -0.1) is 12.6 Å². The summed E-state index contributed by atoms with van der Waals surface area (Å²) in [5.41, 5.74) is 2.44. The monoisotopic (exact) mass is 216 g/mol. The SMILES string of the molecule is Cc1ccc(C)c(Br)c1S. The summed E-state index contributed by atoms with van der Waals surface area (Å²) in [7, 11) is 0. The molecule has 0 aromatic heterocycles. The Hall–Kier alpha value is 0.0500. The predicted molar refractivity (Wildman–Crippen MR) is 50.9 cm³/mol. The molecule has 2 heteroatoms. The number of rotatable bonds is 0. The Morgan fingerprint density at radius 2 is 1.70 bits per heavy atom. The van der Waals surface area contributed by atoms with Crippen LogP contribution in [-0.4, -0.2) is 0 Å². The van der Waals surface area contributed by atoms with E-state index in [1.807, 2.05) is 6.92 Å². The van der Waals surface area contributed by atoms with Gasteiger partial charge < -0.3 is 0 Å². The molecular weight excluding hydrogens is 208 g/mol. The first-order valence-electron chi connectivity index (χ1n) is 3.07. The van der Waals surface area contributed by atoms with Crippen molar-refractivity contribution in [1.29, 1.82) is 0 Å². The van der Waals surface area contributed by atoms with E-state index in [1.54, 1.807) is 0 Å². The summed E-state index contributed by atoms with van der Waals surface area (Å²) in [5, 5.41) is 0. The number of hydrogen-bond acceptors (Lipinski definition) is 1. The average Bonchev–Trinajstić information content (AvgIpc) is 1.93. The van der Waals surface area contributed by atoms with E-state index in [0.29, 0.717) is 0 Å². The zero-order valence-electron chi connectivity index (χ0n) is 5.98. The number of hydrogen-bond donors (Lipinski definition) is 1. The lowest BCUT2D eigenvalue weighted by molar-refractivity contribution is 1.23. The zero-order valence-corrected chi connectivity index (χ0v) is 8.46. The van der Waals surface area contributed by atoms with Gasteiger partial charge in [0.05, 0.1) is 0 Å². The fourth-order valence-electron chi connectivity index (χ4n) is 0.762. The molecule has 0 heterocycles. The van der Waals surface area contributed by atoms with E-state index < -0.39 is 0 Å². The maximum atomic E-state index is 4.33. The van der Waals surface area contributed by atoms with E-state index in [9.17, 15) is 0 Å². The standard InChI is InChI=1S/C8H9BrS/c1-5-3-4-6(2)8(10)7(5)9/h3-4,10H,1-2H3. The van der Waals surface area contributed by atoms with E-state index >= 15 is 0 Å². The van der Waals surface area contributed by atoms with Crippen LogP contribution >= 0.6 is 28.6 Å². The Kier molecular flexibility index (Phi) is 2.42. The van der Waals surface area contributed by atoms with Crippen LogP contribution in [0, 0.1) is 13.8 Å². The molecule has 54 valence electrons. The molecule has 0 saturated heterocycles. The maximum absolute atomic E-state index is 4.33. The average molecular weight is 217 g/mol. The van der Waals surface area contributed by atoms with Crippen molar-refractivity contribution >= 4 is 28.6 Å². The van der Waals surface area contributed by atoms with Crippen molar-refractivity contribution in [3.63, 3.8) is 0 Å². The van der Waals surface area contributed by atoms with Crippen LogP contribution in [0.15, 0.2) is 21.5 Å². The van der Waals surface area contributed by atoms with E-state index in [2.05, 4.69) is 47.6 Å². The van der Waals surface area contributed by atoms with Gasteiger partial charge >= 0.3 is 0 Å². The Morgan fingerprint density at radius 3 is 2.20 bits per heavy atom. The lowest BCUT2D eigenvalue weighted by Crippen LogP contribution is -1.81. The first kappa shape index (κ1) is 8.15. The molecule has 0 aliphatic heterocycles. The molecular formula is C8H9BrS. The second-order valence-corrected chi connectivity index (χ2v) is 3.60. The molecule has 0 spiro atoms. The first-order valence-corrected chi connectivity index (χ1v) is 4.31. The molecule has 0 nitrogen and oxygen atoms in total. The van der Waals surface area contributed by atoms with Gasteiger partial charge in [-0.3, -0.25) is 0 Å².